The second-order valence-corrected chi connectivity index (χ2v) is 4.32. The first-order chi connectivity index (χ1) is 4.61. The summed E-state index contributed by atoms with van der Waals surface area (Å²) in [5.41, 5.74) is 0.472. The Kier molecular flexibility index (Phi) is 2.32. The Labute approximate surface area is 60.4 Å². The van der Waals surface area contributed by atoms with Gasteiger partial charge in [0.05, 0.1) is 5.69 Å². The van der Waals surface area contributed by atoms with E-state index in [9.17, 15) is 8.39 Å². The van der Waals surface area contributed by atoms with Crippen molar-refractivity contribution in [2.24, 2.45) is 7.05 Å². The molecule has 0 aliphatic carbocycles. The second-order valence-electron chi connectivity index (χ2n) is 1.83. The van der Waals surface area contributed by atoms with E-state index in [0.717, 1.165) is 0 Å². The Morgan fingerprint density at radius 2 is 2.20 bits per heavy atom. The van der Waals surface area contributed by atoms with Crippen molar-refractivity contribution in [2.45, 2.75) is 6.92 Å². The van der Waals surface area contributed by atoms with Gasteiger partial charge in [-0.2, -0.15) is 13.5 Å². The molecular formula is C4H6F2N2P2. The zero-order valence-corrected chi connectivity index (χ0v) is 7.33. The number of rotatable bonds is 1. The van der Waals surface area contributed by atoms with E-state index in [1.807, 2.05) is 0 Å². The van der Waals surface area contributed by atoms with Crippen LogP contribution in [0.3, 0.4) is 0 Å². The van der Waals surface area contributed by atoms with E-state index in [2.05, 4.69) is 5.10 Å². The predicted molar refractivity (Wildman–Crippen MR) is 39.2 cm³/mol. The number of halogens is 2. The molecule has 0 spiro atoms. The number of aromatic nitrogens is 2. The van der Waals surface area contributed by atoms with E-state index >= 15 is 0 Å². The summed E-state index contributed by atoms with van der Waals surface area (Å²) in [4.78, 5) is 0. The summed E-state index contributed by atoms with van der Waals surface area (Å²) in [7, 11) is -0.725. The van der Waals surface area contributed by atoms with E-state index < -0.39 is 8.54 Å². The molecule has 0 aromatic carbocycles. The Morgan fingerprint density at radius 1 is 1.60 bits per heavy atom. The van der Waals surface area contributed by atoms with Crippen molar-refractivity contribution in [2.75, 3.05) is 0 Å². The summed E-state index contributed by atoms with van der Waals surface area (Å²) in [6, 6.07) is 0. The third-order valence-electron chi connectivity index (χ3n) is 1.02. The van der Waals surface area contributed by atoms with Crippen molar-refractivity contribution >= 4 is 21.9 Å². The van der Waals surface area contributed by atoms with Crippen LogP contribution in [0, 0.1) is 6.92 Å². The van der Waals surface area contributed by atoms with Crippen LogP contribution >= 0.6 is 16.9 Å². The lowest BCUT2D eigenvalue weighted by Crippen LogP contribution is -1.91. The molecule has 0 aliphatic rings. The van der Waals surface area contributed by atoms with Crippen LogP contribution in [0.2, 0.25) is 0 Å². The lowest BCUT2D eigenvalue weighted by molar-refractivity contribution is 0.763. The van der Waals surface area contributed by atoms with Gasteiger partial charge in [0.15, 0.2) is 0 Å². The molecule has 0 radical (unpaired) electrons. The van der Waals surface area contributed by atoms with Gasteiger partial charge >= 0.3 is 8.54 Å². The van der Waals surface area contributed by atoms with Gasteiger partial charge in [-0.15, -0.1) is 0 Å². The largest absolute Gasteiger partial charge is 0.306 e. The van der Waals surface area contributed by atoms with E-state index in [4.69, 9.17) is 0 Å². The van der Waals surface area contributed by atoms with Crippen molar-refractivity contribution < 1.29 is 8.39 Å². The molecule has 1 aromatic rings. The highest BCUT2D eigenvalue weighted by Gasteiger charge is 2.15. The summed E-state index contributed by atoms with van der Waals surface area (Å²) in [6.07, 6.45) is 0. The molecule has 0 amide bonds. The van der Waals surface area contributed by atoms with Gasteiger partial charge < -0.3 is 0 Å². The van der Waals surface area contributed by atoms with Crippen LogP contribution < -0.4 is 5.04 Å². The first-order valence-corrected chi connectivity index (χ1v) is 4.58. The molecular weight excluding hydrogens is 176 g/mol. The zero-order valence-electron chi connectivity index (χ0n) is 5.54. The highest BCUT2D eigenvalue weighted by Crippen LogP contribution is 2.40. The van der Waals surface area contributed by atoms with Crippen molar-refractivity contribution in [3.05, 3.63) is 5.69 Å². The van der Waals surface area contributed by atoms with Gasteiger partial charge in [-0.3, -0.25) is 0 Å². The predicted octanol–water partition coefficient (Wildman–Crippen LogP) is 2.18. The van der Waals surface area contributed by atoms with Crippen LogP contribution in [-0.2, 0) is 7.05 Å². The van der Waals surface area contributed by atoms with E-state index in [-0.39, 0.29) is 5.04 Å². The molecule has 0 saturated heterocycles. The van der Waals surface area contributed by atoms with Crippen LogP contribution in [0.4, 0.5) is 8.39 Å². The van der Waals surface area contributed by atoms with Crippen molar-refractivity contribution in [3.63, 3.8) is 0 Å². The highest BCUT2D eigenvalue weighted by molar-refractivity contribution is 7.66. The lowest BCUT2D eigenvalue weighted by atomic mass is 10.6. The standard InChI is InChI=1S/C4H6F2N2P2/c1-3-4(10(5)6)9-8(2)7-3/h1-2H3. The van der Waals surface area contributed by atoms with Crippen LogP contribution in [0.1, 0.15) is 5.69 Å². The number of nitrogens with zero attached hydrogens (tertiary/aromatic N) is 2. The lowest BCUT2D eigenvalue weighted by Gasteiger charge is -1.88. The first-order valence-electron chi connectivity index (χ1n) is 2.61. The Bertz CT molecular complexity index is 235. The minimum Gasteiger partial charge on any atom is -0.249 e. The molecule has 56 valence electrons. The molecule has 0 fully saturated rings. The molecule has 0 N–H and O–H groups in total. The number of hydrogen-bond donors (Lipinski definition) is 0. The maximum absolute atomic E-state index is 12.1. The highest BCUT2D eigenvalue weighted by atomic mass is 31.2. The molecule has 1 aromatic heterocycles. The monoisotopic (exact) mass is 182 g/mol. The maximum Gasteiger partial charge on any atom is 0.306 e. The average molecular weight is 182 g/mol. The van der Waals surface area contributed by atoms with Crippen molar-refractivity contribution in [1.82, 2.24) is 9.54 Å². The van der Waals surface area contributed by atoms with Crippen molar-refractivity contribution in [1.29, 1.82) is 0 Å². The summed E-state index contributed by atoms with van der Waals surface area (Å²) >= 11 is 0. The molecule has 0 bridgehead atoms. The fraction of sp³-hybridized carbons (Fsp3) is 0.500. The van der Waals surface area contributed by atoms with Crippen LogP contribution in [0.5, 0.6) is 0 Å². The fourth-order valence-electron chi connectivity index (χ4n) is 0.650. The molecule has 1 rings (SSSR count). The molecule has 1 heterocycles. The smallest absolute Gasteiger partial charge is 0.249 e. The van der Waals surface area contributed by atoms with Gasteiger partial charge in [0, 0.05) is 15.4 Å². The Balaban J connectivity index is 3.03. The molecule has 6 heteroatoms. The van der Waals surface area contributed by atoms with Gasteiger partial charge in [-0.1, -0.05) is 0 Å². The fourth-order valence-corrected chi connectivity index (χ4v) is 2.24. The molecule has 0 aliphatic heterocycles. The zero-order chi connectivity index (χ0) is 7.72. The quantitative estimate of drug-likeness (QED) is 0.608. The third kappa shape index (κ3) is 1.50. The molecule has 2 nitrogen and oxygen atoms in total. The van der Waals surface area contributed by atoms with E-state index in [1.165, 1.54) is 4.44 Å². The van der Waals surface area contributed by atoms with Gasteiger partial charge in [-0.25, -0.2) is 4.44 Å². The summed E-state index contributed by atoms with van der Waals surface area (Å²) < 4.78 is 25.7. The summed E-state index contributed by atoms with van der Waals surface area (Å²) in [5, 5.41) is 4.01. The molecule has 0 saturated carbocycles. The summed E-state index contributed by atoms with van der Waals surface area (Å²) in [6.45, 7) is 1.61. The molecule has 10 heavy (non-hydrogen) atoms. The van der Waals surface area contributed by atoms with Crippen molar-refractivity contribution in [3.8, 4) is 0 Å². The summed E-state index contributed by atoms with van der Waals surface area (Å²) in [5.74, 6) is 0. The minimum absolute atomic E-state index is 0.178. The Morgan fingerprint density at radius 3 is 2.40 bits per heavy atom. The normalized spacial score (nSPS) is 11.7. The number of hydrogen-bond acceptors (Lipinski definition) is 1. The van der Waals surface area contributed by atoms with Gasteiger partial charge in [0.2, 0.25) is 0 Å². The topological polar surface area (TPSA) is 17.8 Å². The Hall–Kier alpha value is -0.0700. The van der Waals surface area contributed by atoms with E-state index in [1.54, 1.807) is 14.0 Å². The first kappa shape index (κ1) is 8.03. The molecule has 0 unspecified atom stereocenters. The van der Waals surface area contributed by atoms with Crippen LogP contribution in [0.25, 0.3) is 0 Å². The van der Waals surface area contributed by atoms with Gasteiger partial charge in [-0.05, 0) is 6.92 Å². The third-order valence-corrected chi connectivity index (χ3v) is 3.28. The SMILES string of the molecule is Cc1nn(C)pc1P(F)F. The minimum atomic E-state index is -2.94. The van der Waals surface area contributed by atoms with Crippen LogP contribution in [-0.4, -0.2) is 9.54 Å². The van der Waals surface area contributed by atoms with Crippen LogP contribution in [0.15, 0.2) is 0 Å². The van der Waals surface area contributed by atoms with E-state index in [0.29, 0.717) is 14.0 Å². The van der Waals surface area contributed by atoms with Gasteiger partial charge in [0.25, 0.3) is 0 Å². The average Bonchev–Trinajstić information content (AvgIpc) is 2.10. The van der Waals surface area contributed by atoms with Gasteiger partial charge in [0.1, 0.15) is 5.04 Å². The molecule has 0 atom stereocenters. The second kappa shape index (κ2) is 2.89. The maximum atomic E-state index is 12.1. The number of aryl methyl sites for hydroxylation is 2.